The van der Waals surface area contributed by atoms with Crippen LogP contribution in [0.5, 0.6) is 6.01 Å². The zero-order valence-corrected chi connectivity index (χ0v) is 30.4. The Hall–Kier alpha value is -4.43. The Morgan fingerprint density at radius 1 is 1.19 bits per heavy atom. The number of nitrogens with zero attached hydrogens (tertiary/aromatic N) is 9. The van der Waals surface area contributed by atoms with Crippen LogP contribution in [0.1, 0.15) is 43.5 Å². The number of carbonyl (C=O) groups excluding carboxylic acids is 1. The predicted octanol–water partition coefficient (Wildman–Crippen LogP) is 6.51. The first-order chi connectivity index (χ1) is 25.5. The Bertz CT molecular complexity index is 2390. The Morgan fingerprint density at radius 3 is 2.77 bits per heavy atom. The smallest absolute Gasteiger partial charge is 0.346 e. The van der Waals surface area contributed by atoms with E-state index in [0.29, 0.717) is 56.0 Å². The van der Waals surface area contributed by atoms with E-state index in [-0.39, 0.29) is 66.8 Å². The summed E-state index contributed by atoms with van der Waals surface area (Å²) in [6.45, 7) is 2.58. The molecule has 0 radical (unpaired) electrons. The molecule has 0 aliphatic carbocycles. The fourth-order valence-electron chi connectivity index (χ4n) is 8.74. The van der Waals surface area contributed by atoms with Crippen LogP contribution in [0.15, 0.2) is 24.5 Å². The molecule has 0 bridgehead atoms. The molecule has 12 nitrogen and oxygen atoms in total. The zero-order valence-electron chi connectivity index (χ0n) is 28.1. The third-order valence-electron chi connectivity index (χ3n) is 11.4. The highest BCUT2D eigenvalue weighted by Gasteiger charge is 2.53. The molecule has 9 rings (SSSR count). The van der Waals surface area contributed by atoms with Crippen molar-refractivity contribution >= 4 is 72.4 Å². The number of anilines is 2. The molecule has 1 spiro atoms. The van der Waals surface area contributed by atoms with E-state index in [4.69, 9.17) is 38.7 Å². The highest BCUT2D eigenvalue weighted by molar-refractivity contribution is 7.23. The number of hydrogen-bond acceptors (Lipinski definition) is 11. The highest BCUT2D eigenvalue weighted by atomic mass is 35.5. The molecule has 0 saturated carbocycles. The van der Waals surface area contributed by atoms with Crippen molar-refractivity contribution in [1.29, 1.82) is 5.26 Å². The van der Waals surface area contributed by atoms with Crippen LogP contribution in [0, 0.1) is 23.0 Å². The van der Waals surface area contributed by atoms with Gasteiger partial charge < -0.3 is 20.3 Å². The highest BCUT2D eigenvalue weighted by Crippen LogP contribution is 2.48. The second-order valence-electron chi connectivity index (χ2n) is 14.2. The van der Waals surface area contributed by atoms with Crippen LogP contribution in [0.2, 0.25) is 5.02 Å². The van der Waals surface area contributed by atoms with Gasteiger partial charge in [-0.05, 0) is 49.9 Å². The summed E-state index contributed by atoms with van der Waals surface area (Å²) in [7, 11) is 0. The number of hydrogen-bond donors (Lipinski definition) is 1. The van der Waals surface area contributed by atoms with E-state index in [0.717, 1.165) is 37.1 Å². The van der Waals surface area contributed by atoms with Crippen LogP contribution in [-0.4, -0.2) is 97.1 Å². The van der Waals surface area contributed by atoms with Gasteiger partial charge >= 0.3 is 12.0 Å². The Balaban J connectivity index is 1.14. The Kier molecular flexibility index (Phi) is 8.15. The summed E-state index contributed by atoms with van der Waals surface area (Å²) in [4.78, 5) is 32.8. The van der Waals surface area contributed by atoms with Crippen molar-refractivity contribution in [2.45, 2.75) is 55.2 Å². The fraction of sp³-hybridized carbons (Fsp3) is 0.429. The number of halogens is 5. The molecule has 3 aromatic heterocycles. The standard InChI is InChI=1S/C35H31Cl2F3N10O2S/c36-12-24-43-17-50(46-24)33(51)49-9-6-34(49)5-8-47(15-34)31-20-10-22(37)26(19-2-3-23(39)29-25(19)21(13-41)30(42)53-29)27(40)28(20)44-32(45-31)52-16-35-4-1-7-48(35)14-18(38)11-35/h2-3,10,17-18H,1,4-9,11-12,14-16,42H2/t18-,34-,35+/m1/s1. The Labute approximate surface area is 314 Å². The van der Waals surface area contributed by atoms with Crippen molar-refractivity contribution in [3.05, 3.63) is 52.6 Å². The number of fused-ring (bicyclic) bond motifs is 3. The molecule has 2 aromatic carbocycles. The molecule has 4 saturated heterocycles. The van der Waals surface area contributed by atoms with Gasteiger partial charge in [-0.3, -0.25) is 4.90 Å². The predicted molar refractivity (Wildman–Crippen MR) is 194 cm³/mol. The number of ether oxygens (including phenoxy) is 1. The summed E-state index contributed by atoms with van der Waals surface area (Å²) in [5, 5.41) is 14.7. The van der Waals surface area contributed by atoms with Crippen molar-refractivity contribution in [1.82, 2.24) is 34.5 Å². The SMILES string of the molecule is N#Cc1c(N)sc2c(F)ccc(-c3c(Cl)cc4c(N5CC[C@@]6(CCN6C(=O)n6cnc(CCl)n6)C5)nc(OC[C@@]56CCCN5C[C@H](F)C6)nc4c3F)c12. The minimum Gasteiger partial charge on any atom is -0.461 e. The number of benzene rings is 2. The number of alkyl halides is 2. The van der Waals surface area contributed by atoms with Crippen molar-refractivity contribution in [3.63, 3.8) is 0 Å². The molecule has 18 heteroatoms. The number of amides is 1. The van der Waals surface area contributed by atoms with Gasteiger partial charge in [0.1, 0.15) is 47.3 Å². The first-order valence-electron chi connectivity index (χ1n) is 17.2. The molecule has 4 fully saturated rings. The van der Waals surface area contributed by atoms with E-state index < -0.39 is 28.9 Å². The summed E-state index contributed by atoms with van der Waals surface area (Å²) < 4.78 is 54.3. The minimum atomic E-state index is -0.973. The number of nitrogens with two attached hydrogens (primary N) is 1. The van der Waals surface area contributed by atoms with E-state index in [1.54, 1.807) is 11.0 Å². The minimum absolute atomic E-state index is 0.00819. The molecule has 5 aromatic rings. The Morgan fingerprint density at radius 2 is 2.02 bits per heavy atom. The molecule has 3 atom stereocenters. The molecule has 7 heterocycles. The molecule has 53 heavy (non-hydrogen) atoms. The normalized spacial score (nSPS) is 24.0. The van der Waals surface area contributed by atoms with Crippen molar-refractivity contribution in [3.8, 4) is 23.2 Å². The average Bonchev–Trinajstić information content (AvgIpc) is 3.96. The first-order valence-corrected chi connectivity index (χ1v) is 18.9. The van der Waals surface area contributed by atoms with Gasteiger partial charge in [-0.1, -0.05) is 17.7 Å². The van der Waals surface area contributed by atoms with Crippen molar-refractivity contribution in [2.75, 3.05) is 50.0 Å². The molecule has 274 valence electrons. The number of likely N-dealkylation sites (tertiary alicyclic amines) is 1. The lowest BCUT2D eigenvalue weighted by Gasteiger charge is -2.50. The number of rotatable bonds is 6. The molecule has 1 amide bonds. The summed E-state index contributed by atoms with van der Waals surface area (Å²) in [6.07, 6.45) is 3.69. The van der Waals surface area contributed by atoms with Gasteiger partial charge in [-0.15, -0.1) is 28.0 Å². The maximum absolute atomic E-state index is 17.2. The molecule has 4 aliphatic rings. The third kappa shape index (κ3) is 5.30. The van der Waals surface area contributed by atoms with Crippen LogP contribution >= 0.6 is 34.5 Å². The number of nitriles is 1. The zero-order chi connectivity index (χ0) is 36.8. The van der Waals surface area contributed by atoms with Gasteiger partial charge in [0.15, 0.2) is 11.6 Å². The third-order valence-corrected chi connectivity index (χ3v) is 12.9. The lowest BCUT2D eigenvalue weighted by molar-refractivity contribution is 0.0399. The van der Waals surface area contributed by atoms with Crippen LogP contribution < -0.4 is 15.4 Å². The van der Waals surface area contributed by atoms with Gasteiger partial charge in [0.25, 0.3) is 0 Å². The van der Waals surface area contributed by atoms with Gasteiger partial charge in [0, 0.05) is 48.9 Å². The molecule has 2 N–H and O–H groups in total. The molecule has 4 aliphatic heterocycles. The van der Waals surface area contributed by atoms with E-state index in [1.165, 1.54) is 23.1 Å². The number of thiophene rings is 1. The average molecular weight is 784 g/mol. The topological polar surface area (TPSA) is 142 Å². The monoisotopic (exact) mass is 782 g/mol. The second kappa shape index (κ2) is 12.6. The summed E-state index contributed by atoms with van der Waals surface area (Å²) in [6, 6.07) is 5.73. The van der Waals surface area contributed by atoms with Gasteiger partial charge in [0.05, 0.1) is 32.2 Å². The summed E-state index contributed by atoms with van der Waals surface area (Å²) >= 11 is 13.7. The molecular weight excluding hydrogens is 752 g/mol. The summed E-state index contributed by atoms with van der Waals surface area (Å²) in [5.41, 5.74) is 5.07. The molecule has 0 unspecified atom stereocenters. The van der Waals surface area contributed by atoms with Gasteiger partial charge in [0.2, 0.25) is 0 Å². The summed E-state index contributed by atoms with van der Waals surface area (Å²) in [5.74, 6) is -0.642. The van der Waals surface area contributed by atoms with Crippen LogP contribution in [0.25, 0.3) is 32.1 Å². The van der Waals surface area contributed by atoms with E-state index in [2.05, 4.69) is 20.0 Å². The van der Waals surface area contributed by atoms with Gasteiger partial charge in [-0.2, -0.15) is 19.9 Å². The lowest BCUT2D eigenvalue weighted by Crippen LogP contribution is -2.64. The van der Waals surface area contributed by atoms with Crippen LogP contribution in [0.4, 0.5) is 28.8 Å². The van der Waals surface area contributed by atoms with Crippen molar-refractivity contribution < 1.29 is 22.7 Å². The second-order valence-corrected chi connectivity index (χ2v) is 15.9. The number of carbonyl (C=O) groups is 1. The van der Waals surface area contributed by atoms with E-state index in [1.807, 2.05) is 11.0 Å². The number of nitrogen functional groups attached to an aromatic ring is 1. The maximum Gasteiger partial charge on any atom is 0.346 e. The first kappa shape index (κ1) is 34.3. The maximum atomic E-state index is 17.2. The quantitative estimate of drug-likeness (QED) is 0.190. The van der Waals surface area contributed by atoms with E-state index >= 15 is 4.39 Å². The van der Waals surface area contributed by atoms with E-state index in [9.17, 15) is 18.8 Å². The van der Waals surface area contributed by atoms with Gasteiger partial charge in [-0.25, -0.2) is 22.9 Å². The van der Waals surface area contributed by atoms with Crippen LogP contribution in [-0.2, 0) is 5.88 Å². The number of aromatic nitrogens is 5. The molecular formula is C35H31Cl2F3N10O2S. The lowest BCUT2D eigenvalue weighted by atomic mass is 9.84. The largest absolute Gasteiger partial charge is 0.461 e. The van der Waals surface area contributed by atoms with Crippen LogP contribution in [0.3, 0.4) is 0 Å². The fourth-order valence-corrected chi connectivity index (χ4v) is 10.1. The van der Waals surface area contributed by atoms with Crippen molar-refractivity contribution in [2.24, 2.45) is 0 Å².